The normalized spacial score (nSPS) is 10.6. The van der Waals surface area contributed by atoms with E-state index in [1.165, 1.54) is 4.68 Å². The zero-order valence-electron chi connectivity index (χ0n) is 18.5. The van der Waals surface area contributed by atoms with Gasteiger partial charge in [-0.05, 0) is 48.5 Å². The molecule has 0 fully saturated rings. The molecule has 1 aromatic heterocycles. The number of amides is 2. The number of carbonyl (C=O) groups excluding carboxylic acids is 2. The van der Waals surface area contributed by atoms with Gasteiger partial charge in [-0.1, -0.05) is 60.7 Å². The molecule has 0 aliphatic rings. The van der Waals surface area contributed by atoms with Gasteiger partial charge in [-0.15, -0.1) is 0 Å². The quantitative estimate of drug-likeness (QED) is 0.391. The summed E-state index contributed by atoms with van der Waals surface area (Å²) in [6.07, 6.45) is 0. The maximum Gasteiger partial charge on any atom is 0.279 e. The average molecular weight is 460 g/mol. The second-order valence-electron chi connectivity index (χ2n) is 7.80. The first-order chi connectivity index (χ1) is 17.1. The first-order valence-electron chi connectivity index (χ1n) is 11.0. The molecule has 0 aliphatic heterocycles. The van der Waals surface area contributed by atoms with Crippen molar-refractivity contribution in [3.05, 3.63) is 131 Å². The minimum Gasteiger partial charge on any atom is -0.322 e. The molecule has 1 heterocycles. The van der Waals surface area contributed by atoms with E-state index in [0.717, 1.165) is 0 Å². The van der Waals surface area contributed by atoms with Crippen LogP contribution in [0.2, 0.25) is 0 Å². The van der Waals surface area contributed by atoms with Crippen LogP contribution in [-0.4, -0.2) is 21.6 Å². The molecule has 0 saturated carbocycles. The van der Waals surface area contributed by atoms with Crippen LogP contribution >= 0.6 is 0 Å². The van der Waals surface area contributed by atoms with E-state index in [1.54, 1.807) is 97.1 Å². The molecular formula is C28H20N4O3. The molecule has 5 aromatic rings. The van der Waals surface area contributed by atoms with E-state index in [-0.39, 0.29) is 17.2 Å². The van der Waals surface area contributed by atoms with Gasteiger partial charge in [0.25, 0.3) is 17.4 Å². The number of carbonyl (C=O) groups is 2. The lowest BCUT2D eigenvalue weighted by molar-refractivity contribution is 0.101. The topological polar surface area (TPSA) is 93.1 Å². The first-order valence-corrected chi connectivity index (χ1v) is 11.0. The van der Waals surface area contributed by atoms with Crippen molar-refractivity contribution in [2.24, 2.45) is 0 Å². The summed E-state index contributed by atoms with van der Waals surface area (Å²) >= 11 is 0. The van der Waals surface area contributed by atoms with E-state index in [2.05, 4.69) is 15.7 Å². The highest BCUT2D eigenvalue weighted by Gasteiger charge is 2.18. The summed E-state index contributed by atoms with van der Waals surface area (Å²) in [7, 11) is 0. The molecule has 0 saturated heterocycles. The Hall–Kier alpha value is -5.04. The lowest BCUT2D eigenvalue weighted by atomic mass is 10.1. The van der Waals surface area contributed by atoms with Crippen LogP contribution in [0, 0.1) is 0 Å². The van der Waals surface area contributed by atoms with Gasteiger partial charge in [-0.3, -0.25) is 14.4 Å². The van der Waals surface area contributed by atoms with Crippen molar-refractivity contribution in [2.45, 2.75) is 0 Å². The SMILES string of the molecule is O=C(Nc1cccc(NC(=O)c2nn(-c3ccccc3)c(=O)c3ccccc23)c1)c1ccccc1. The third-order valence-corrected chi connectivity index (χ3v) is 5.44. The molecule has 170 valence electrons. The molecule has 7 nitrogen and oxygen atoms in total. The van der Waals surface area contributed by atoms with E-state index < -0.39 is 5.91 Å². The number of anilines is 2. The molecule has 2 amide bonds. The largest absolute Gasteiger partial charge is 0.322 e. The predicted molar refractivity (Wildman–Crippen MR) is 136 cm³/mol. The van der Waals surface area contributed by atoms with Crippen LogP contribution in [0.5, 0.6) is 0 Å². The zero-order valence-corrected chi connectivity index (χ0v) is 18.5. The summed E-state index contributed by atoms with van der Waals surface area (Å²) in [4.78, 5) is 38.8. The second-order valence-corrected chi connectivity index (χ2v) is 7.80. The van der Waals surface area contributed by atoms with Gasteiger partial charge in [0.2, 0.25) is 0 Å². The monoisotopic (exact) mass is 460 g/mol. The molecule has 0 aliphatic carbocycles. The summed E-state index contributed by atoms with van der Waals surface area (Å²) in [5.41, 5.74) is 1.90. The molecule has 4 aromatic carbocycles. The highest BCUT2D eigenvalue weighted by molar-refractivity contribution is 6.11. The van der Waals surface area contributed by atoms with Crippen molar-refractivity contribution in [2.75, 3.05) is 10.6 Å². The Morgan fingerprint density at radius 1 is 0.629 bits per heavy atom. The fourth-order valence-corrected chi connectivity index (χ4v) is 3.76. The number of hydrogen-bond donors (Lipinski definition) is 2. The predicted octanol–water partition coefficient (Wildman–Crippen LogP) is 4.89. The van der Waals surface area contributed by atoms with Crippen LogP contribution in [0.1, 0.15) is 20.8 Å². The van der Waals surface area contributed by atoms with Gasteiger partial charge >= 0.3 is 0 Å². The van der Waals surface area contributed by atoms with Crippen molar-refractivity contribution in [3.8, 4) is 5.69 Å². The second kappa shape index (κ2) is 9.44. The number of para-hydroxylation sites is 1. The van der Waals surface area contributed by atoms with E-state index in [0.29, 0.717) is 33.4 Å². The number of nitrogens with zero attached hydrogens (tertiary/aromatic N) is 2. The minimum absolute atomic E-state index is 0.114. The summed E-state index contributed by atoms with van der Waals surface area (Å²) in [6.45, 7) is 0. The van der Waals surface area contributed by atoms with E-state index >= 15 is 0 Å². The number of benzene rings is 4. The lowest BCUT2D eigenvalue weighted by Crippen LogP contribution is -2.26. The van der Waals surface area contributed by atoms with Crippen molar-refractivity contribution < 1.29 is 9.59 Å². The van der Waals surface area contributed by atoms with Crippen LogP contribution < -0.4 is 16.2 Å². The Bertz CT molecular complexity index is 1600. The zero-order chi connectivity index (χ0) is 24.2. The van der Waals surface area contributed by atoms with Gasteiger partial charge in [0.05, 0.1) is 11.1 Å². The van der Waals surface area contributed by atoms with Gasteiger partial charge < -0.3 is 10.6 Å². The molecule has 0 bridgehead atoms. The average Bonchev–Trinajstić information content (AvgIpc) is 2.90. The number of hydrogen-bond acceptors (Lipinski definition) is 4. The molecule has 0 radical (unpaired) electrons. The van der Waals surface area contributed by atoms with Gasteiger partial charge in [-0.25, -0.2) is 0 Å². The van der Waals surface area contributed by atoms with Crippen LogP contribution in [-0.2, 0) is 0 Å². The Balaban J connectivity index is 1.47. The molecule has 0 spiro atoms. The number of nitrogens with one attached hydrogen (secondary N) is 2. The van der Waals surface area contributed by atoms with Gasteiger partial charge in [-0.2, -0.15) is 9.78 Å². The van der Waals surface area contributed by atoms with Crippen LogP contribution in [0.15, 0.2) is 114 Å². The molecule has 0 unspecified atom stereocenters. The molecular weight excluding hydrogens is 440 g/mol. The van der Waals surface area contributed by atoms with Crippen LogP contribution in [0.25, 0.3) is 16.5 Å². The summed E-state index contributed by atoms with van der Waals surface area (Å²) in [5.74, 6) is -0.728. The fourth-order valence-electron chi connectivity index (χ4n) is 3.76. The van der Waals surface area contributed by atoms with Crippen LogP contribution in [0.4, 0.5) is 11.4 Å². The van der Waals surface area contributed by atoms with Gasteiger partial charge in [0.1, 0.15) is 0 Å². The van der Waals surface area contributed by atoms with Gasteiger partial charge in [0.15, 0.2) is 5.69 Å². The van der Waals surface area contributed by atoms with E-state index in [1.807, 2.05) is 12.1 Å². The maximum atomic E-state index is 13.3. The highest BCUT2D eigenvalue weighted by Crippen LogP contribution is 2.20. The Morgan fingerprint density at radius 2 is 1.20 bits per heavy atom. The molecule has 7 heteroatoms. The third kappa shape index (κ3) is 4.56. The number of fused-ring (bicyclic) bond motifs is 1. The third-order valence-electron chi connectivity index (χ3n) is 5.44. The minimum atomic E-state index is -0.475. The Morgan fingerprint density at radius 3 is 1.89 bits per heavy atom. The molecule has 35 heavy (non-hydrogen) atoms. The van der Waals surface area contributed by atoms with E-state index in [4.69, 9.17) is 0 Å². The number of rotatable bonds is 5. The summed E-state index contributed by atoms with van der Waals surface area (Å²) in [6, 6.07) is 31.5. The van der Waals surface area contributed by atoms with E-state index in [9.17, 15) is 14.4 Å². The first kappa shape index (κ1) is 21.8. The smallest absolute Gasteiger partial charge is 0.279 e. The number of aromatic nitrogens is 2. The summed E-state index contributed by atoms with van der Waals surface area (Å²) in [5, 5.41) is 10.9. The molecule has 5 rings (SSSR count). The highest BCUT2D eigenvalue weighted by atomic mass is 16.2. The lowest BCUT2D eigenvalue weighted by Gasteiger charge is -2.12. The van der Waals surface area contributed by atoms with Crippen LogP contribution in [0.3, 0.4) is 0 Å². The Labute approximate surface area is 200 Å². The maximum absolute atomic E-state index is 13.3. The Kier molecular flexibility index (Phi) is 5.88. The van der Waals surface area contributed by atoms with Crippen molar-refractivity contribution in [1.82, 2.24) is 9.78 Å². The summed E-state index contributed by atoms with van der Waals surface area (Å²) < 4.78 is 1.23. The van der Waals surface area contributed by atoms with Crippen molar-refractivity contribution in [3.63, 3.8) is 0 Å². The fraction of sp³-hybridized carbons (Fsp3) is 0. The molecule has 2 N–H and O–H groups in total. The molecule has 0 atom stereocenters. The van der Waals surface area contributed by atoms with Crippen molar-refractivity contribution in [1.29, 1.82) is 0 Å². The standard InChI is InChI=1S/C28H20N4O3/c33-26(19-10-3-1-4-11-19)29-20-12-9-13-21(18-20)30-27(34)25-23-16-7-8-17-24(23)28(35)32(31-25)22-14-5-2-6-15-22/h1-18H,(H,29,33)(H,30,34). The van der Waals surface area contributed by atoms with Gasteiger partial charge in [0, 0.05) is 22.3 Å². The van der Waals surface area contributed by atoms with Crippen molar-refractivity contribution >= 4 is 34.0 Å².